The number of piperidine rings is 1. The van der Waals surface area contributed by atoms with Crippen molar-refractivity contribution in [3.63, 3.8) is 0 Å². The molecule has 0 spiro atoms. The summed E-state index contributed by atoms with van der Waals surface area (Å²) < 4.78 is 5.65. The lowest BCUT2D eigenvalue weighted by Crippen LogP contribution is -2.47. The maximum atomic E-state index is 13.7. The van der Waals surface area contributed by atoms with Crippen LogP contribution in [-0.4, -0.2) is 59.9 Å². The number of hydrogen-bond acceptors (Lipinski definition) is 5. The van der Waals surface area contributed by atoms with Crippen LogP contribution in [0, 0.1) is 5.92 Å². The molecule has 2 amide bonds. The van der Waals surface area contributed by atoms with Crippen LogP contribution >= 0.6 is 11.8 Å². The summed E-state index contributed by atoms with van der Waals surface area (Å²) in [6.45, 7) is 5.87. The van der Waals surface area contributed by atoms with Gasteiger partial charge in [-0.2, -0.15) is 11.8 Å². The van der Waals surface area contributed by atoms with Gasteiger partial charge in [-0.05, 0) is 36.6 Å². The predicted molar refractivity (Wildman–Crippen MR) is 143 cm³/mol. The highest BCUT2D eigenvalue weighted by molar-refractivity contribution is 7.99. The van der Waals surface area contributed by atoms with Crippen LogP contribution in [0.25, 0.3) is 0 Å². The van der Waals surface area contributed by atoms with Crippen molar-refractivity contribution in [3.05, 3.63) is 59.7 Å². The number of carbonyl (C=O) groups excluding carboxylic acids is 2. The largest absolute Gasteiger partial charge is 0.496 e. The Morgan fingerprint density at radius 1 is 1.14 bits per heavy atom. The summed E-state index contributed by atoms with van der Waals surface area (Å²) in [4.78, 5) is 31.0. The molecule has 4 rings (SSSR count). The number of hydrogen-bond donors (Lipinski definition) is 1. The number of anilines is 1. The van der Waals surface area contributed by atoms with Crippen molar-refractivity contribution in [2.24, 2.45) is 5.92 Å². The number of rotatable bonds is 9. The Kier molecular flexibility index (Phi) is 9.10. The number of thioether (sulfide) groups is 1. The van der Waals surface area contributed by atoms with E-state index < -0.39 is 0 Å². The van der Waals surface area contributed by atoms with E-state index in [4.69, 9.17) is 4.74 Å². The van der Waals surface area contributed by atoms with Crippen LogP contribution in [0.15, 0.2) is 48.5 Å². The normalized spacial score (nSPS) is 21.1. The zero-order valence-electron chi connectivity index (χ0n) is 20.9. The molecule has 2 aliphatic heterocycles. The smallest absolute Gasteiger partial charge is 0.229 e. The maximum absolute atomic E-state index is 13.7. The van der Waals surface area contributed by atoms with E-state index in [1.54, 1.807) is 7.11 Å². The maximum Gasteiger partial charge on any atom is 0.229 e. The first kappa shape index (κ1) is 25.6. The number of para-hydroxylation sites is 1. The monoisotopic (exact) mass is 495 g/mol. The number of unbranched alkanes of at least 4 members (excludes halogenated alkanes) is 1. The fourth-order valence-electron chi connectivity index (χ4n) is 5.11. The average Bonchev–Trinajstić information content (AvgIpc) is 2.88. The molecule has 2 aromatic rings. The molecular formula is C28H37N3O3S. The van der Waals surface area contributed by atoms with Gasteiger partial charge in [0, 0.05) is 55.4 Å². The fraction of sp³-hybridized carbons (Fsp3) is 0.500. The van der Waals surface area contributed by atoms with E-state index in [0.717, 1.165) is 43.7 Å². The molecule has 2 fully saturated rings. The van der Waals surface area contributed by atoms with Gasteiger partial charge in [0.25, 0.3) is 0 Å². The van der Waals surface area contributed by atoms with Crippen molar-refractivity contribution < 1.29 is 14.3 Å². The topological polar surface area (TPSA) is 61.9 Å². The average molecular weight is 496 g/mol. The van der Waals surface area contributed by atoms with Gasteiger partial charge in [0.05, 0.1) is 19.1 Å². The summed E-state index contributed by atoms with van der Waals surface area (Å²) in [6, 6.07) is 15.6. The van der Waals surface area contributed by atoms with E-state index in [-0.39, 0.29) is 23.8 Å². The molecule has 6 nitrogen and oxygen atoms in total. The van der Waals surface area contributed by atoms with E-state index >= 15 is 0 Å². The van der Waals surface area contributed by atoms with E-state index in [2.05, 4.69) is 29.3 Å². The molecular weight excluding hydrogens is 458 g/mol. The Bertz CT molecular complexity index is 1010. The minimum absolute atomic E-state index is 0.0403. The zero-order valence-corrected chi connectivity index (χ0v) is 21.7. The first-order valence-corrected chi connectivity index (χ1v) is 13.9. The molecule has 2 aliphatic rings. The molecule has 1 N–H and O–H groups in total. The molecule has 188 valence electrons. The Labute approximate surface area is 213 Å². The number of nitrogens with zero attached hydrogens (tertiary/aromatic N) is 2. The molecule has 35 heavy (non-hydrogen) atoms. The van der Waals surface area contributed by atoms with Crippen molar-refractivity contribution in [1.82, 2.24) is 9.80 Å². The summed E-state index contributed by atoms with van der Waals surface area (Å²) in [5, 5.41) is 3.18. The SMILES string of the molecule is CCCCN1C(=O)CCC(C(=O)Nc2cccc(CN3CCSCC3)c2)C1c1ccccc1OC. The number of methoxy groups -OCH3 is 1. The van der Waals surface area contributed by atoms with Crippen molar-refractivity contribution in [2.45, 2.75) is 45.2 Å². The second-order valence-electron chi connectivity index (χ2n) is 9.35. The standard InChI is InChI=1S/C28H37N3O3S/c1-3-4-14-31-26(32)13-12-24(27(31)23-10-5-6-11-25(23)34-2)28(33)29-22-9-7-8-21(19-22)20-30-15-17-35-18-16-30/h5-11,19,24,27H,3-4,12-18,20H2,1-2H3,(H,29,33). The molecule has 0 aliphatic carbocycles. The minimum atomic E-state index is -0.344. The third-order valence-corrected chi connectivity index (χ3v) is 7.90. The molecule has 0 saturated carbocycles. The van der Waals surface area contributed by atoms with Crippen LogP contribution in [0.2, 0.25) is 0 Å². The molecule has 2 aromatic carbocycles. The van der Waals surface area contributed by atoms with Gasteiger partial charge in [-0.3, -0.25) is 14.5 Å². The number of benzene rings is 2. The molecule has 2 unspecified atom stereocenters. The Morgan fingerprint density at radius 2 is 1.94 bits per heavy atom. The number of carbonyl (C=O) groups is 2. The zero-order chi connectivity index (χ0) is 24.6. The molecule has 7 heteroatoms. The second kappa shape index (κ2) is 12.5. The third kappa shape index (κ3) is 6.39. The van der Waals surface area contributed by atoms with Gasteiger partial charge in [-0.15, -0.1) is 0 Å². The number of likely N-dealkylation sites (tertiary alicyclic amines) is 1. The summed E-state index contributed by atoms with van der Waals surface area (Å²) in [5.74, 6) is 2.80. The summed E-state index contributed by atoms with van der Waals surface area (Å²) in [5.41, 5.74) is 2.92. The van der Waals surface area contributed by atoms with Crippen molar-refractivity contribution in [3.8, 4) is 5.75 Å². The molecule has 2 atom stereocenters. The molecule has 0 bridgehead atoms. The van der Waals surface area contributed by atoms with Crippen LogP contribution in [0.3, 0.4) is 0 Å². The van der Waals surface area contributed by atoms with Gasteiger partial charge in [0.15, 0.2) is 0 Å². The van der Waals surface area contributed by atoms with E-state index in [0.29, 0.717) is 25.1 Å². The van der Waals surface area contributed by atoms with Gasteiger partial charge in [0.2, 0.25) is 11.8 Å². The summed E-state index contributed by atoms with van der Waals surface area (Å²) in [7, 11) is 1.64. The Hall–Kier alpha value is -2.51. The molecule has 0 aromatic heterocycles. The highest BCUT2D eigenvalue weighted by Crippen LogP contribution is 2.41. The van der Waals surface area contributed by atoms with E-state index in [1.807, 2.05) is 53.1 Å². The Balaban J connectivity index is 1.56. The fourth-order valence-corrected chi connectivity index (χ4v) is 6.09. The van der Waals surface area contributed by atoms with Gasteiger partial charge < -0.3 is 15.0 Å². The lowest BCUT2D eigenvalue weighted by Gasteiger charge is -2.41. The van der Waals surface area contributed by atoms with Gasteiger partial charge in [-0.1, -0.05) is 43.7 Å². The van der Waals surface area contributed by atoms with Crippen LogP contribution < -0.4 is 10.1 Å². The van der Waals surface area contributed by atoms with Crippen molar-refractivity contribution >= 4 is 29.3 Å². The molecule has 0 radical (unpaired) electrons. The van der Waals surface area contributed by atoms with Crippen LogP contribution in [0.1, 0.15) is 49.8 Å². The number of ether oxygens (including phenoxy) is 1. The quantitative estimate of drug-likeness (QED) is 0.533. The molecule has 2 heterocycles. The summed E-state index contributed by atoms with van der Waals surface area (Å²) >= 11 is 2.01. The summed E-state index contributed by atoms with van der Waals surface area (Å²) in [6.07, 6.45) is 2.81. The van der Waals surface area contributed by atoms with E-state index in [9.17, 15) is 9.59 Å². The van der Waals surface area contributed by atoms with Gasteiger partial charge in [-0.25, -0.2) is 0 Å². The first-order chi connectivity index (χ1) is 17.1. The van der Waals surface area contributed by atoms with Crippen molar-refractivity contribution in [2.75, 3.05) is 43.6 Å². The lowest BCUT2D eigenvalue weighted by molar-refractivity contribution is -0.142. The Morgan fingerprint density at radius 3 is 2.71 bits per heavy atom. The lowest BCUT2D eigenvalue weighted by atomic mass is 9.83. The highest BCUT2D eigenvalue weighted by Gasteiger charge is 2.41. The van der Waals surface area contributed by atoms with E-state index in [1.165, 1.54) is 17.1 Å². The first-order valence-electron chi connectivity index (χ1n) is 12.7. The third-order valence-electron chi connectivity index (χ3n) is 6.96. The van der Waals surface area contributed by atoms with Crippen LogP contribution in [0.4, 0.5) is 5.69 Å². The highest BCUT2D eigenvalue weighted by atomic mass is 32.2. The number of nitrogens with one attached hydrogen (secondary N) is 1. The van der Waals surface area contributed by atoms with Gasteiger partial charge >= 0.3 is 0 Å². The minimum Gasteiger partial charge on any atom is -0.496 e. The molecule has 2 saturated heterocycles. The van der Waals surface area contributed by atoms with Crippen molar-refractivity contribution in [1.29, 1.82) is 0 Å². The van der Waals surface area contributed by atoms with Gasteiger partial charge in [0.1, 0.15) is 5.75 Å². The van der Waals surface area contributed by atoms with Crippen LogP contribution in [0.5, 0.6) is 5.75 Å². The predicted octanol–water partition coefficient (Wildman–Crippen LogP) is 4.96. The second-order valence-corrected chi connectivity index (χ2v) is 10.6. The van der Waals surface area contributed by atoms with Crippen LogP contribution in [-0.2, 0) is 16.1 Å². The number of amides is 2.